The number of esters is 2. The monoisotopic (exact) mass is 961 g/mol. The van der Waals surface area contributed by atoms with E-state index < -0.39 is 92.7 Å². The predicted molar refractivity (Wildman–Crippen MR) is 257 cm³/mol. The van der Waals surface area contributed by atoms with Crippen molar-refractivity contribution in [2.75, 3.05) is 26.4 Å². The van der Waals surface area contributed by atoms with Crippen LogP contribution in [0.1, 0.15) is 213 Å². The molecule has 11 atom stereocenters. The van der Waals surface area contributed by atoms with E-state index in [4.69, 9.17) is 28.4 Å². The molecule has 2 rings (SSSR count). The minimum absolute atomic E-state index is 0.158. The van der Waals surface area contributed by atoms with E-state index in [0.29, 0.717) is 12.8 Å². The van der Waals surface area contributed by atoms with Crippen LogP contribution >= 0.6 is 0 Å². The van der Waals surface area contributed by atoms with Crippen molar-refractivity contribution in [3.05, 3.63) is 12.2 Å². The fourth-order valence-corrected chi connectivity index (χ4v) is 8.55. The van der Waals surface area contributed by atoms with Gasteiger partial charge < -0.3 is 64.2 Å². The molecule has 67 heavy (non-hydrogen) atoms. The van der Waals surface area contributed by atoms with E-state index in [2.05, 4.69) is 26.0 Å². The molecule has 0 spiro atoms. The summed E-state index contributed by atoms with van der Waals surface area (Å²) >= 11 is 0. The Balaban J connectivity index is 1.75. The van der Waals surface area contributed by atoms with E-state index in [1.807, 2.05) is 0 Å². The molecule has 0 radical (unpaired) electrons. The third-order valence-corrected chi connectivity index (χ3v) is 13.0. The van der Waals surface area contributed by atoms with E-state index >= 15 is 0 Å². The fourth-order valence-electron chi connectivity index (χ4n) is 8.55. The minimum Gasteiger partial charge on any atom is -0.462 e. The van der Waals surface area contributed by atoms with Crippen molar-refractivity contribution in [2.24, 2.45) is 0 Å². The number of carbonyl (C=O) groups excluding carboxylic acids is 2. The molecule has 7 N–H and O–H groups in total. The topological polar surface area (TPSA) is 231 Å². The van der Waals surface area contributed by atoms with Crippen molar-refractivity contribution in [3.63, 3.8) is 0 Å². The lowest BCUT2D eigenvalue weighted by molar-refractivity contribution is -0.332. The SMILES string of the molecule is CCCC/C=C\CCCCCCCC(=O)OC(COC(=O)CCCCCCCCCCCCCCCCCCCCCC)COC1OC(COC2OC(CO)C(O)C(O)C2O)C(O)C(O)C1O. The molecule has 2 aliphatic rings. The summed E-state index contributed by atoms with van der Waals surface area (Å²) in [5.41, 5.74) is 0. The van der Waals surface area contributed by atoms with Crippen molar-refractivity contribution in [2.45, 2.75) is 280 Å². The Bertz CT molecular complexity index is 1220. The zero-order valence-corrected chi connectivity index (χ0v) is 41.7. The molecule has 2 saturated heterocycles. The molecule has 2 fully saturated rings. The molecule has 2 heterocycles. The van der Waals surface area contributed by atoms with Crippen LogP contribution in [0.5, 0.6) is 0 Å². The molecule has 0 amide bonds. The molecular weight excluding hydrogens is 865 g/mol. The smallest absolute Gasteiger partial charge is 0.306 e. The zero-order chi connectivity index (χ0) is 48.9. The highest BCUT2D eigenvalue weighted by atomic mass is 16.7. The average molecular weight is 961 g/mol. The highest BCUT2D eigenvalue weighted by Crippen LogP contribution is 2.27. The van der Waals surface area contributed by atoms with E-state index in [9.17, 15) is 45.3 Å². The highest BCUT2D eigenvalue weighted by molar-refractivity contribution is 5.70. The second-order valence-electron chi connectivity index (χ2n) is 19.1. The van der Waals surface area contributed by atoms with Crippen LogP contribution in [-0.4, -0.2) is 142 Å². The third kappa shape index (κ3) is 28.0. The first-order valence-corrected chi connectivity index (χ1v) is 26.8. The van der Waals surface area contributed by atoms with Gasteiger partial charge in [0.15, 0.2) is 18.7 Å². The van der Waals surface area contributed by atoms with Gasteiger partial charge >= 0.3 is 11.9 Å². The number of aliphatic hydroxyl groups excluding tert-OH is 7. The molecule has 0 aromatic rings. The van der Waals surface area contributed by atoms with Gasteiger partial charge in [-0.05, 0) is 32.1 Å². The molecule has 0 bridgehead atoms. The quantitative estimate of drug-likeness (QED) is 0.0176. The lowest BCUT2D eigenvalue weighted by Gasteiger charge is -2.42. The second-order valence-corrected chi connectivity index (χ2v) is 19.1. The number of rotatable bonds is 42. The summed E-state index contributed by atoms with van der Waals surface area (Å²) in [5.74, 6) is -0.925. The van der Waals surface area contributed by atoms with E-state index in [1.54, 1.807) is 0 Å². The normalized spacial score (nSPS) is 26.0. The Labute approximate surface area is 403 Å². The van der Waals surface area contributed by atoms with Crippen LogP contribution in [0.25, 0.3) is 0 Å². The minimum atomic E-state index is -1.76. The Morgan fingerprint density at radius 3 is 1.36 bits per heavy atom. The predicted octanol–water partition coefficient (Wildman–Crippen LogP) is 7.77. The van der Waals surface area contributed by atoms with Crippen LogP contribution in [-0.2, 0) is 38.0 Å². The summed E-state index contributed by atoms with van der Waals surface area (Å²) in [5, 5.41) is 72.0. The van der Waals surface area contributed by atoms with Gasteiger partial charge in [0.1, 0.15) is 55.4 Å². The molecule has 15 heteroatoms. The maximum atomic E-state index is 13.0. The van der Waals surface area contributed by atoms with Crippen LogP contribution in [0, 0.1) is 0 Å². The lowest BCUT2D eigenvalue weighted by atomic mass is 9.98. The zero-order valence-electron chi connectivity index (χ0n) is 41.7. The number of aliphatic hydroxyl groups is 7. The molecule has 0 saturated carbocycles. The van der Waals surface area contributed by atoms with E-state index in [1.165, 1.54) is 116 Å². The molecular formula is C52H96O15. The standard InChI is InChI=1S/C52H96O15/c1-3-5-7-9-11-13-15-16-17-18-19-20-21-22-23-25-26-28-30-32-34-43(54)62-37-40(65-44(55)35-33-31-29-27-24-14-12-10-8-6-4-2)38-63-51-50(61)48(59)46(57)42(67-51)39-64-52-49(60)47(58)45(56)41(36-53)66-52/h10,12,40-42,45-53,56-61H,3-9,11,13-39H2,1-2H3/b12-10-. The first-order valence-electron chi connectivity index (χ1n) is 26.8. The number of carbonyl (C=O) groups is 2. The average Bonchev–Trinajstić information content (AvgIpc) is 3.32. The van der Waals surface area contributed by atoms with Gasteiger partial charge in [0.2, 0.25) is 0 Å². The van der Waals surface area contributed by atoms with Crippen LogP contribution in [0.4, 0.5) is 0 Å². The Morgan fingerprint density at radius 2 is 0.866 bits per heavy atom. The van der Waals surface area contributed by atoms with E-state index in [0.717, 1.165) is 57.8 Å². The molecule has 0 aromatic heterocycles. The van der Waals surface area contributed by atoms with Gasteiger partial charge in [0, 0.05) is 12.8 Å². The summed E-state index contributed by atoms with van der Waals surface area (Å²) in [4.78, 5) is 25.7. The van der Waals surface area contributed by atoms with Crippen LogP contribution in [0.15, 0.2) is 12.2 Å². The third-order valence-electron chi connectivity index (χ3n) is 13.0. The summed E-state index contributed by atoms with van der Waals surface area (Å²) in [7, 11) is 0. The lowest BCUT2D eigenvalue weighted by Crippen LogP contribution is -2.61. The van der Waals surface area contributed by atoms with Crippen molar-refractivity contribution >= 4 is 11.9 Å². The number of unbranched alkanes of at least 4 members (excludes halogenated alkanes) is 26. The molecule has 2 aliphatic heterocycles. The van der Waals surface area contributed by atoms with Crippen molar-refractivity contribution in [1.82, 2.24) is 0 Å². The number of hydrogen-bond acceptors (Lipinski definition) is 15. The maximum absolute atomic E-state index is 13.0. The Hall–Kier alpha value is -1.76. The number of ether oxygens (including phenoxy) is 6. The van der Waals surface area contributed by atoms with Gasteiger partial charge in [-0.1, -0.05) is 180 Å². The summed E-state index contributed by atoms with van der Waals surface area (Å²) in [6.45, 7) is 2.57. The van der Waals surface area contributed by atoms with Crippen molar-refractivity contribution in [1.29, 1.82) is 0 Å². The Kier molecular flexibility index (Phi) is 36.5. The van der Waals surface area contributed by atoms with E-state index in [-0.39, 0.29) is 26.1 Å². The summed E-state index contributed by atoms with van der Waals surface area (Å²) < 4.78 is 33.6. The molecule has 0 aromatic carbocycles. The van der Waals surface area contributed by atoms with Crippen molar-refractivity contribution < 1.29 is 73.8 Å². The molecule has 11 unspecified atom stereocenters. The highest BCUT2D eigenvalue weighted by Gasteiger charge is 2.47. The summed E-state index contributed by atoms with van der Waals surface area (Å²) in [6.07, 6.45) is 22.5. The Morgan fingerprint density at radius 1 is 0.463 bits per heavy atom. The molecule has 394 valence electrons. The first-order chi connectivity index (χ1) is 32.5. The fraction of sp³-hybridized carbons (Fsp3) is 0.923. The van der Waals surface area contributed by atoms with Crippen LogP contribution in [0.2, 0.25) is 0 Å². The number of hydrogen-bond donors (Lipinski definition) is 7. The maximum Gasteiger partial charge on any atom is 0.306 e. The molecule has 0 aliphatic carbocycles. The second kappa shape index (κ2) is 39.9. The van der Waals surface area contributed by atoms with Gasteiger partial charge in [0.05, 0.1) is 19.8 Å². The number of allylic oxidation sites excluding steroid dienone is 2. The van der Waals surface area contributed by atoms with Crippen LogP contribution < -0.4 is 0 Å². The van der Waals surface area contributed by atoms with Gasteiger partial charge in [0.25, 0.3) is 0 Å². The largest absolute Gasteiger partial charge is 0.462 e. The summed E-state index contributed by atoms with van der Waals surface area (Å²) in [6, 6.07) is 0. The van der Waals surface area contributed by atoms with Gasteiger partial charge in [-0.25, -0.2) is 0 Å². The molecule has 15 nitrogen and oxygen atoms in total. The van der Waals surface area contributed by atoms with Crippen LogP contribution in [0.3, 0.4) is 0 Å². The van der Waals surface area contributed by atoms with Gasteiger partial charge in [-0.3, -0.25) is 9.59 Å². The van der Waals surface area contributed by atoms with Gasteiger partial charge in [-0.2, -0.15) is 0 Å². The van der Waals surface area contributed by atoms with Crippen molar-refractivity contribution in [3.8, 4) is 0 Å². The first kappa shape index (κ1) is 61.4. The van der Waals surface area contributed by atoms with Gasteiger partial charge in [-0.15, -0.1) is 0 Å².